The van der Waals surface area contributed by atoms with Gasteiger partial charge < -0.3 is 4.74 Å². The lowest BCUT2D eigenvalue weighted by Gasteiger charge is -2.28. The molecule has 0 aliphatic carbocycles. The van der Waals surface area contributed by atoms with E-state index < -0.39 is 40.8 Å². The van der Waals surface area contributed by atoms with E-state index >= 15 is 0 Å². The summed E-state index contributed by atoms with van der Waals surface area (Å²) in [5.74, 6) is -1.75. The van der Waals surface area contributed by atoms with Crippen LogP contribution in [-0.2, 0) is 17.1 Å². The van der Waals surface area contributed by atoms with Crippen molar-refractivity contribution in [2.45, 2.75) is 18.8 Å². The van der Waals surface area contributed by atoms with Crippen molar-refractivity contribution in [3.8, 4) is 0 Å². The number of para-hydroxylation sites is 1. The van der Waals surface area contributed by atoms with Crippen LogP contribution >= 0.6 is 23.7 Å². The SMILES string of the molecule is Cl.O=C(c1cc(C(F)(F)F)cc(C(F)(F)F)c1)N(CCCN1CCOCC1)c1nc2c(F)cccc2s1. The highest BCUT2D eigenvalue weighted by molar-refractivity contribution is 7.22. The molecule has 0 spiro atoms. The van der Waals surface area contributed by atoms with Crippen LogP contribution in [0.3, 0.4) is 0 Å². The number of carbonyl (C=O) groups is 1. The number of hydrogen-bond donors (Lipinski definition) is 0. The van der Waals surface area contributed by atoms with Gasteiger partial charge >= 0.3 is 12.4 Å². The first-order valence-corrected chi connectivity index (χ1v) is 11.7. The lowest BCUT2D eigenvalue weighted by Crippen LogP contribution is -2.39. The van der Waals surface area contributed by atoms with Crippen LogP contribution in [0.5, 0.6) is 0 Å². The molecule has 1 aliphatic heterocycles. The van der Waals surface area contributed by atoms with Crippen molar-refractivity contribution in [3.63, 3.8) is 0 Å². The van der Waals surface area contributed by atoms with Crippen molar-refractivity contribution in [1.29, 1.82) is 0 Å². The van der Waals surface area contributed by atoms with Gasteiger partial charge in [-0.05, 0) is 36.8 Å². The summed E-state index contributed by atoms with van der Waals surface area (Å²) in [6, 6.07) is 4.90. The summed E-state index contributed by atoms with van der Waals surface area (Å²) in [5.41, 5.74) is -4.01. The summed E-state index contributed by atoms with van der Waals surface area (Å²) >= 11 is 0.924. The van der Waals surface area contributed by atoms with E-state index in [-0.39, 0.29) is 35.7 Å². The molecule has 1 fully saturated rings. The van der Waals surface area contributed by atoms with Gasteiger partial charge in [0, 0.05) is 31.7 Å². The number of carbonyl (C=O) groups excluding carboxylic acids is 1. The average Bonchev–Trinajstić information content (AvgIpc) is 3.26. The Bertz CT molecular complexity index is 1210. The zero-order chi connectivity index (χ0) is 26.1. The third kappa shape index (κ3) is 6.89. The van der Waals surface area contributed by atoms with Gasteiger partial charge in [0.05, 0.1) is 29.0 Å². The minimum Gasteiger partial charge on any atom is -0.379 e. The molecule has 1 aliphatic rings. The van der Waals surface area contributed by atoms with Gasteiger partial charge in [0.25, 0.3) is 5.91 Å². The average molecular weight is 572 g/mol. The van der Waals surface area contributed by atoms with E-state index in [1.165, 1.54) is 12.1 Å². The van der Waals surface area contributed by atoms with E-state index in [1.54, 1.807) is 6.07 Å². The number of amides is 1. The summed E-state index contributed by atoms with van der Waals surface area (Å²) in [6.07, 6.45) is -9.85. The number of nitrogens with zero attached hydrogens (tertiary/aromatic N) is 3. The molecule has 1 amide bonds. The fourth-order valence-electron chi connectivity index (χ4n) is 3.81. The summed E-state index contributed by atoms with van der Waals surface area (Å²) in [6.45, 7) is 2.85. The molecule has 1 aromatic heterocycles. The van der Waals surface area contributed by atoms with E-state index in [0.29, 0.717) is 56.1 Å². The third-order valence-electron chi connectivity index (χ3n) is 5.63. The quantitative estimate of drug-likeness (QED) is 0.328. The van der Waals surface area contributed by atoms with Crippen LogP contribution in [0.2, 0.25) is 0 Å². The number of morpholine rings is 1. The summed E-state index contributed by atoms with van der Waals surface area (Å²) in [7, 11) is 0. The van der Waals surface area contributed by atoms with Gasteiger partial charge in [-0.15, -0.1) is 12.4 Å². The summed E-state index contributed by atoms with van der Waals surface area (Å²) in [5, 5.41) is -0.0203. The predicted molar refractivity (Wildman–Crippen MR) is 127 cm³/mol. The van der Waals surface area contributed by atoms with Crippen LogP contribution in [0.15, 0.2) is 36.4 Å². The minimum atomic E-state index is -5.10. The minimum absolute atomic E-state index is 0. The fraction of sp³-hybridized carbons (Fsp3) is 0.391. The number of hydrogen-bond acceptors (Lipinski definition) is 5. The molecule has 0 bridgehead atoms. The molecule has 14 heteroatoms. The number of halogens is 8. The van der Waals surface area contributed by atoms with Crippen molar-refractivity contribution in [3.05, 3.63) is 58.9 Å². The van der Waals surface area contributed by atoms with Crippen LogP contribution < -0.4 is 4.90 Å². The molecule has 2 aromatic carbocycles. The number of thiazole rings is 1. The van der Waals surface area contributed by atoms with Gasteiger partial charge in [0.1, 0.15) is 11.3 Å². The largest absolute Gasteiger partial charge is 0.416 e. The predicted octanol–water partition coefficient (Wildman–Crippen LogP) is 6.26. The second-order valence-electron chi connectivity index (χ2n) is 8.14. The molecule has 0 radical (unpaired) electrons. The van der Waals surface area contributed by atoms with Crippen molar-refractivity contribution in [2.75, 3.05) is 44.3 Å². The Kier molecular flexibility index (Phi) is 9.04. The first-order chi connectivity index (χ1) is 16.9. The molecule has 0 N–H and O–H groups in total. The zero-order valence-electron chi connectivity index (χ0n) is 19.0. The van der Waals surface area contributed by atoms with Gasteiger partial charge in [-0.25, -0.2) is 9.37 Å². The lowest BCUT2D eigenvalue weighted by molar-refractivity contribution is -0.143. The van der Waals surface area contributed by atoms with Gasteiger partial charge in [-0.1, -0.05) is 17.4 Å². The van der Waals surface area contributed by atoms with Gasteiger partial charge in [-0.2, -0.15) is 26.3 Å². The number of fused-ring (bicyclic) bond motifs is 1. The number of ether oxygens (including phenoxy) is 1. The van der Waals surface area contributed by atoms with Crippen LogP contribution in [0, 0.1) is 5.82 Å². The maximum Gasteiger partial charge on any atom is 0.416 e. The summed E-state index contributed by atoms with van der Waals surface area (Å²) < 4.78 is 100. The number of rotatable bonds is 6. The van der Waals surface area contributed by atoms with Gasteiger partial charge in [0.2, 0.25) is 0 Å². The molecule has 5 nitrogen and oxygen atoms in total. The second-order valence-corrected chi connectivity index (χ2v) is 9.15. The van der Waals surface area contributed by atoms with Crippen LogP contribution in [0.4, 0.5) is 35.9 Å². The molecule has 0 atom stereocenters. The van der Waals surface area contributed by atoms with Crippen molar-refractivity contribution in [1.82, 2.24) is 9.88 Å². The molecule has 37 heavy (non-hydrogen) atoms. The highest BCUT2D eigenvalue weighted by Gasteiger charge is 2.38. The Morgan fingerprint density at radius 1 is 1.03 bits per heavy atom. The van der Waals surface area contributed by atoms with Crippen molar-refractivity contribution >= 4 is 45.0 Å². The fourth-order valence-corrected chi connectivity index (χ4v) is 4.82. The van der Waals surface area contributed by atoms with Crippen LogP contribution in [0.25, 0.3) is 10.2 Å². The number of alkyl halides is 6. The molecule has 0 saturated carbocycles. The molecular weight excluding hydrogens is 551 g/mol. The summed E-state index contributed by atoms with van der Waals surface area (Å²) in [4.78, 5) is 20.6. The Morgan fingerprint density at radius 2 is 1.65 bits per heavy atom. The van der Waals surface area contributed by atoms with E-state index in [4.69, 9.17) is 4.74 Å². The second kappa shape index (κ2) is 11.5. The lowest BCUT2D eigenvalue weighted by atomic mass is 10.0. The molecule has 0 unspecified atom stereocenters. The van der Waals surface area contributed by atoms with E-state index in [1.807, 2.05) is 0 Å². The first kappa shape index (κ1) is 29.1. The molecule has 1 saturated heterocycles. The van der Waals surface area contributed by atoms with Crippen LogP contribution in [-0.4, -0.2) is 55.2 Å². The van der Waals surface area contributed by atoms with Crippen molar-refractivity contribution < 1.29 is 40.3 Å². The highest BCUT2D eigenvalue weighted by atomic mass is 35.5. The third-order valence-corrected chi connectivity index (χ3v) is 6.67. The Balaban J connectivity index is 0.00000380. The van der Waals surface area contributed by atoms with Crippen LogP contribution in [0.1, 0.15) is 27.9 Å². The van der Waals surface area contributed by atoms with Gasteiger partial charge in [-0.3, -0.25) is 14.6 Å². The van der Waals surface area contributed by atoms with Crippen molar-refractivity contribution in [2.24, 2.45) is 0 Å². The molecule has 3 aromatic rings. The first-order valence-electron chi connectivity index (χ1n) is 10.9. The molecule has 4 rings (SSSR count). The van der Waals surface area contributed by atoms with E-state index in [2.05, 4.69) is 9.88 Å². The maximum absolute atomic E-state index is 14.2. The topological polar surface area (TPSA) is 45.7 Å². The van der Waals surface area contributed by atoms with Gasteiger partial charge in [0.15, 0.2) is 5.13 Å². The molecular formula is C23H21ClF7N3O2S. The number of aromatic nitrogens is 1. The zero-order valence-corrected chi connectivity index (χ0v) is 20.7. The number of anilines is 1. The maximum atomic E-state index is 14.2. The molecule has 202 valence electrons. The normalized spacial score (nSPS) is 15.0. The highest BCUT2D eigenvalue weighted by Crippen LogP contribution is 2.37. The van der Waals surface area contributed by atoms with E-state index in [0.717, 1.165) is 16.2 Å². The monoisotopic (exact) mass is 571 g/mol. The molecule has 2 heterocycles. The Morgan fingerprint density at radius 3 is 2.22 bits per heavy atom. The number of benzene rings is 2. The Hall–Kier alpha value is -2.48. The smallest absolute Gasteiger partial charge is 0.379 e. The standard InChI is InChI=1S/C23H20F7N3O2S.ClH/c24-17-3-1-4-18-19(17)31-21(36-18)33(6-2-5-32-7-9-35-10-8-32)20(34)14-11-15(22(25,26)27)13-16(12-14)23(28,29)30;/h1,3-4,11-13H,2,5-10H2;1H. The van der Waals surface area contributed by atoms with E-state index in [9.17, 15) is 35.5 Å². The Labute approximate surface area is 217 Å².